The van der Waals surface area contributed by atoms with Crippen LogP contribution in [0.15, 0.2) is 24.3 Å². The van der Waals surface area contributed by atoms with Crippen LogP contribution in [0.2, 0.25) is 0 Å². The first-order chi connectivity index (χ1) is 13.4. The molecule has 0 saturated heterocycles. The fourth-order valence-electron chi connectivity index (χ4n) is 3.60. The highest BCUT2D eigenvalue weighted by Crippen LogP contribution is 2.30. The Kier molecular flexibility index (Phi) is 5.81. The van der Waals surface area contributed by atoms with Crippen molar-refractivity contribution in [3.8, 4) is 5.75 Å². The van der Waals surface area contributed by atoms with Crippen molar-refractivity contribution in [1.29, 1.82) is 0 Å². The molecule has 2 aliphatic rings. The van der Waals surface area contributed by atoms with E-state index in [2.05, 4.69) is 16.0 Å². The zero-order chi connectivity index (χ0) is 20.1. The van der Waals surface area contributed by atoms with Gasteiger partial charge in [-0.25, -0.2) is 4.79 Å². The molecule has 4 N–H and O–H groups in total. The van der Waals surface area contributed by atoms with Gasteiger partial charge in [0.2, 0.25) is 11.8 Å². The Morgan fingerprint density at radius 3 is 2.57 bits per heavy atom. The molecule has 1 aliphatic heterocycles. The number of carbonyl (C=O) groups is 4. The number of carboxylic acids is 1. The lowest BCUT2D eigenvalue weighted by atomic mass is 9.95. The van der Waals surface area contributed by atoms with E-state index in [0.717, 1.165) is 12.8 Å². The second-order valence-corrected chi connectivity index (χ2v) is 7.01. The first kappa shape index (κ1) is 19.7. The molecule has 1 spiro atoms. The van der Waals surface area contributed by atoms with E-state index in [0.29, 0.717) is 12.8 Å². The molecule has 0 unspecified atom stereocenters. The number of amides is 3. The topological polar surface area (TPSA) is 134 Å². The van der Waals surface area contributed by atoms with Crippen LogP contribution in [0.1, 0.15) is 42.5 Å². The minimum atomic E-state index is -1.43. The molecule has 28 heavy (non-hydrogen) atoms. The summed E-state index contributed by atoms with van der Waals surface area (Å²) < 4.78 is 5.61. The Morgan fingerprint density at radius 2 is 1.86 bits per heavy atom. The quantitative estimate of drug-likeness (QED) is 0.542. The molecule has 0 bridgehead atoms. The summed E-state index contributed by atoms with van der Waals surface area (Å²) in [7, 11) is 0. The van der Waals surface area contributed by atoms with Gasteiger partial charge in [-0.1, -0.05) is 25.0 Å². The second-order valence-electron chi connectivity index (χ2n) is 7.01. The number of fused-ring (bicyclic) bond motifs is 1. The monoisotopic (exact) mass is 389 g/mol. The van der Waals surface area contributed by atoms with E-state index in [1.165, 1.54) is 6.07 Å². The van der Waals surface area contributed by atoms with Crippen molar-refractivity contribution >= 4 is 23.7 Å². The average Bonchev–Trinajstić information content (AvgIpc) is 3.13. The molecule has 0 aromatic heterocycles. The smallest absolute Gasteiger partial charge is 0.326 e. The van der Waals surface area contributed by atoms with Crippen LogP contribution in [-0.2, 0) is 14.4 Å². The SMILES string of the molecule is O=C1C[C@@H](C(=O)O)NC(=O)c2ccccc2OCCNC(=O)C2(CCCC2)N1. The molecule has 0 radical (unpaired) electrons. The van der Waals surface area contributed by atoms with Gasteiger partial charge in [-0.3, -0.25) is 14.4 Å². The number of para-hydroxylation sites is 1. The third-order valence-electron chi connectivity index (χ3n) is 5.04. The summed E-state index contributed by atoms with van der Waals surface area (Å²) in [5.74, 6) is -2.60. The van der Waals surface area contributed by atoms with E-state index in [4.69, 9.17) is 4.74 Å². The van der Waals surface area contributed by atoms with Gasteiger partial charge in [0, 0.05) is 0 Å². The Labute approximate surface area is 161 Å². The number of ether oxygens (including phenoxy) is 1. The third-order valence-corrected chi connectivity index (χ3v) is 5.04. The maximum Gasteiger partial charge on any atom is 0.326 e. The minimum absolute atomic E-state index is 0.127. The van der Waals surface area contributed by atoms with Gasteiger partial charge >= 0.3 is 5.97 Å². The maximum atomic E-state index is 12.7. The van der Waals surface area contributed by atoms with Crippen molar-refractivity contribution in [3.05, 3.63) is 29.8 Å². The molecule has 1 fully saturated rings. The standard InChI is InChI=1S/C19H23N3O6/c23-15-11-13(17(25)26)21-16(24)12-5-1-2-6-14(12)28-10-9-20-18(27)19(22-15)7-3-4-8-19/h1-2,5-6,13H,3-4,7-11H2,(H,20,27)(H,21,24)(H,22,23)(H,25,26)/t13-/m0/s1. The number of carbonyl (C=O) groups excluding carboxylic acids is 3. The fourth-order valence-corrected chi connectivity index (χ4v) is 3.60. The maximum absolute atomic E-state index is 12.7. The lowest BCUT2D eigenvalue weighted by Gasteiger charge is -2.30. The third kappa shape index (κ3) is 4.24. The highest BCUT2D eigenvalue weighted by Gasteiger charge is 2.42. The average molecular weight is 389 g/mol. The van der Waals surface area contributed by atoms with E-state index in [-0.39, 0.29) is 30.4 Å². The number of hydrogen-bond donors (Lipinski definition) is 4. The van der Waals surface area contributed by atoms with Crippen molar-refractivity contribution in [2.75, 3.05) is 13.2 Å². The summed E-state index contributed by atoms with van der Waals surface area (Å²) in [4.78, 5) is 49.3. The van der Waals surface area contributed by atoms with Gasteiger partial charge < -0.3 is 25.8 Å². The molecule has 1 saturated carbocycles. The predicted molar refractivity (Wildman–Crippen MR) is 97.8 cm³/mol. The van der Waals surface area contributed by atoms with Crippen LogP contribution in [0.5, 0.6) is 5.75 Å². The van der Waals surface area contributed by atoms with Gasteiger partial charge in [-0.15, -0.1) is 0 Å². The van der Waals surface area contributed by atoms with Gasteiger partial charge in [-0.2, -0.15) is 0 Å². The van der Waals surface area contributed by atoms with Gasteiger partial charge in [0.25, 0.3) is 5.91 Å². The lowest BCUT2D eigenvalue weighted by molar-refractivity contribution is -0.142. The molecule has 9 heteroatoms. The first-order valence-electron chi connectivity index (χ1n) is 9.26. The van der Waals surface area contributed by atoms with Crippen LogP contribution >= 0.6 is 0 Å². The minimum Gasteiger partial charge on any atom is -0.491 e. The number of aliphatic carboxylic acids is 1. The Bertz CT molecular complexity index is 788. The van der Waals surface area contributed by atoms with Crippen molar-refractivity contribution in [1.82, 2.24) is 16.0 Å². The van der Waals surface area contributed by atoms with Gasteiger partial charge in [-0.05, 0) is 25.0 Å². The largest absolute Gasteiger partial charge is 0.491 e. The van der Waals surface area contributed by atoms with E-state index in [1.807, 2.05) is 0 Å². The van der Waals surface area contributed by atoms with E-state index >= 15 is 0 Å². The van der Waals surface area contributed by atoms with Crippen LogP contribution in [-0.4, -0.2) is 53.5 Å². The van der Waals surface area contributed by atoms with Crippen molar-refractivity contribution in [2.45, 2.75) is 43.7 Å². The molecule has 3 amide bonds. The van der Waals surface area contributed by atoms with Gasteiger partial charge in [0.15, 0.2) is 0 Å². The molecule has 1 heterocycles. The van der Waals surface area contributed by atoms with Crippen molar-refractivity contribution < 1.29 is 29.0 Å². The number of nitrogens with one attached hydrogen (secondary N) is 3. The highest BCUT2D eigenvalue weighted by molar-refractivity contribution is 6.00. The highest BCUT2D eigenvalue weighted by atomic mass is 16.5. The normalized spacial score (nSPS) is 22.9. The molecule has 9 nitrogen and oxygen atoms in total. The summed E-state index contributed by atoms with van der Waals surface area (Å²) in [6.45, 7) is 0.340. The second kappa shape index (κ2) is 8.28. The Hall–Kier alpha value is -3.10. The number of hydrogen-bond acceptors (Lipinski definition) is 5. The van der Waals surface area contributed by atoms with Crippen LogP contribution in [0, 0.1) is 0 Å². The molecule has 150 valence electrons. The van der Waals surface area contributed by atoms with Crippen molar-refractivity contribution in [3.63, 3.8) is 0 Å². The number of carboxylic acid groups (broad SMARTS) is 1. The molecule has 1 aromatic rings. The van der Waals surface area contributed by atoms with E-state index < -0.39 is 35.8 Å². The van der Waals surface area contributed by atoms with Crippen LogP contribution < -0.4 is 20.7 Å². The molecule has 3 rings (SSSR count). The summed E-state index contributed by atoms with van der Waals surface area (Å²) in [5.41, 5.74) is -0.892. The number of rotatable bonds is 1. The Morgan fingerprint density at radius 1 is 1.14 bits per heavy atom. The van der Waals surface area contributed by atoms with Gasteiger partial charge in [0.1, 0.15) is 23.9 Å². The molecule has 1 aliphatic carbocycles. The summed E-state index contributed by atoms with van der Waals surface area (Å²) in [6.07, 6.45) is 2.07. The summed E-state index contributed by atoms with van der Waals surface area (Å²) in [6, 6.07) is 4.97. The zero-order valence-corrected chi connectivity index (χ0v) is 15.3. The fraction of sp³-hybridized carbons (Fsp3) is 0.474. The molecular weight excluding hydrogens is 366 g/mol. The molecular formula is C19H23N3O6. The predicted octanol–water partition coefficient (Wildman–Crippen LogP) is 0.197. The lowest BCUT2D eigenvalue weighted by Crippen LogP contribution is -2.58. The van der Waals surface area contributed by atoms with E-state index in [1.54, 1.807) is 18.2 Å². The van der Waals surface area contributed by atoms with Crippen LogP contribution in [0.3, 0.4) is 0 Å². The molecule has 1 atom stereocenters. The summed E-state index contributed by atoms with van der Waals surface area (Å²) in [5, 5.41) is 17.3. The van der Waals surface area contributed by atoms with Crippen molar-refractivity contribution in [2.24, 2.45) is 0 Å². The van der Waals surface area contributed by atoms with Crippen LogP contribution in [0.4, 0.5) is 0 Å². The number of benzene rings is 1. The zero-order valence-electron chi connectivity index (χ0n) is 15.3. The van der Waals surface area contributed by atoms with Gasteiger partial charge in [0.05, 0.1) is 18.5 Å². The van der Waals surface area contributed by atoms with Crippen LogP contribution in [0.25, 0.3) is 0 Å². The molecule has 1 aromatic carbocycles. The van der Waals surface area contributed by atoms with E-state index in [9.17, 15) is 24.3 Å². The summed E-state index contributed by atoms with van der Waals surface area (Å²) >= 11 is 0. The Balaban J connectivity index is 1.88. The first-order valence-corrected chi connectivity index (χ1v) is 9.26.